The molecule has 0 heterocycles. The molecule has 4 rings (SSSR count). The Kier molecular flexibility index (Phi) is 3.45. The summed E-state index contributed by atoms with van der Waals surface area (Å²) in [5, 5.41) is 0. The minimum Gasteiger partial charge on any atom is -0.463 e. The van der Waals surface area contributed by atoms with E-state index in [0.717, 1.165) is 12.8 Å². The lowest BCUT2D eigenvalue weighted by molar-refractivity contribution is -0.139. The fourth-order valence-corrected chi connectivity index (χ4v) is 4.30. The highest BCUT2D eigenvalue weighted by atomic mass is 16.5. The molecule has 0 amide bonds. The standard InChI is InChI=1S/C21H21NO2/c1-2-24-20(23)16-13-21(12-11-19(16)22)17-9-5-3-7-14(17)15-8-4-6-10-18(15)21/h3-10H,2,11-13,22H2,1H3. The predicted octanol–water partition coefficient (Wildman–Crippen LogP) is 3.91. The van der Waals surface area contributed by atoms with Crippen LogP contribution in [0.15, 0.2) is 59.8 Å². The molecule has 0 saturated heterocycles. The number of carbonyl (C=O) groups is 1. The van der Waals surface area contributed by atoms with Gasteiger partial charge in [0.2, 0.25) is 0 Å². The van der Waals surface area contributed by atoms with Crippen molar-refractivity contribution in [2.24, 2.45) is 5.73 Å². The molecule has 0 aliphatic heterocycles. The van der Waals surface area contributed by atoms with Gasteiger partial charge in [-0.2, -0.15) is 0 Å². The molecule has 0 aromatic heterocycles. The number of fused-ring (bicyclic) bond motifs is 5. The molecule has 2 aliphatic carbocycles. The molecule has 2 N–H and O–H groups in total. The van der Waals surface area contributed by atoms with Gasteiger partial charge < -0.3 is 10.5 Å². The second-order valence-electron chi connectivity index (χ2n) is 6.57. The molecule has 122 valence electrons. The number of nitrogens with two attached hydrogens (primary N) is 1. The number of benzene rings is 2. The van der Waals surface area contributed by atoms with Crippen molar-refractivity contribution >= 4 is 5.97 Å². The fraction of sp³-hybridized carbons (Fsp3) is 0.286. The monoisotopic (exact) mass is 319 g/mol. The van der Waals surface area contributed by atoms with E-state index in [1.54, 1.807) is 0 Å². The van der Waals surface area contributed by atoms with Crippen LogP contribution in [-0.2, 0) is 14.9 Å². The summed E-state index contributed by atoms with van der Waals surface area (Å²) < 4.78 is 5.25. The van der Waals surface area contributed by atoms with Crippen LogP contribution >= 0.6 is 0 Å². The van der Waals surface area contributed by atoms with Crippen LogP contribution in [0.25, 0.3) is 11.1 Å². The number of allylic oxidation sites excluding steroid dienone is 1. The van der Waals surface area contributed by atoms with Gasteiger partial charge in [0.15, 0.2) is 0 Å². The molecule has 0 radical (unpaired) electrons. The van der Waals surface area contributed by atoms with Gasteiger partial charge in [0, 0.05) is 11.1 Å². The summed E-state index contributed by atoms with van der Waals surface area (Å²) in [6, 6.07) is 17.1. The van der Waals surface area contributed by atoms with Crippen molar-refractivity contribution in [2.75, 3.05) is 6.61 Å². The number of ether oxygens (including phenoxy) is 1. The van der Waals surface area contributed by atoms with E-state index in [2.05, 4.69) is 48.5 Å². The van der Waals surface area contributed by atoms with Crippen LogP contribution in [0.2, 0.25) is 0 Å². The van der Waals surface area contributed by atoms with Crippen molar-refractivity contribution in [3.63, 3.8) is 0 Å². The molecule has 1 spiro atoms. The number of esters is 1. The average Bonchev–Trinajstić information content (AvgIpc) is 2.88. The van der Waals surface area contributed by atoms with Gasteiger partial charge in [0.05, 0.1) is 12.2 Å². The maximum absolute atomic E-state index is 12.4. The molecule has 0 fully saturated rings. The maximum Gasteiger partial charge on any atom is 0.335 e. The second-order valence-corrected chi connectivity index (χ2v) is 6.57. The topological polar surface area (TPSA) is 52.3 Å². The van der Waals surface area contributed by atoms with E-state index >= 15 is 0 Å². The molecule has 2 aromatic carbocycles. The summed E-state index contributed by atoms with van der Waals surface area (Å²) in [6.45, 7) is 2.20. The smallest absolute Gasteiger partial charge is 0.335 e. The Labute approximate surface area is 142 Å². The molecule has 2 aliphatic rings. The third kappa shape index (κ3) is 2.01. The third-order valence-corrected chi connectivity index (χ3v) is 5.38. The van der Waals surface area contributed by atoms with E-state index in [1.165, 1.54) is 22.3 Å². The molecule has 3 heteroatoms. The Morgan fingerprint density at radius 1 is 1.08 bits per heavy atom. The molecule has 24 heavy (non-hydrogen) atoms. The highest BCUT2D eigenvalue weighted by molar-refractivity contribution is 5.91. The van der Waals surface area contributed by atoms with Crippen molar-refractivity contribution in [3.8, 4) is 11.1 Å². The highest BCUT2D eigenvalue weighted by Gasteiger charge is 2.46. The Bertz CT molecular complexity index is 805. The molecular weight excluding hydrogens is 298 g/mol. The highest BCUT2D eigenvalue weighted by Crippen LogP contribution is 2.56. The summed E-state index contributed by atoms with van der Waals surface area (Å²) in [5.74, 6) is -0.268. The number of hydrogen-bond acceptors (Lipinski definition) is 3. The van der Waals surface area contributed by atoms with Gasteiger partial charge in [-0.05, 0) is 48.4 Å². The van der Waals surface area contributed by atoms with Crippen molar-refractivity contribution in [2.45, 2.75) is 31.6 Å². The first-order valence-corrected chi connectivity index (χ1v) is 8.51. The van der Waals surface area contributed by atoms with Crippen LogP contribution in [0.1, 0.15) is 37.3 Å². The molecule has 0 saturated carbocycles. The first-order chi connectivity index (χ1) is 11.7. The molecule has 3 nitrogen and oxygen atoms in total. The van der Waals surface area contributed by atoms with Gasteiger partial charge in [-0.1, -0.05) is 48.5 Å². The Morgan fingerprint density at radius 2 is 1.67 bits per heavy atom. The van der Waals surface area contributed by atoms with Crippen LogP contribution in [0.4, 0.5) is 0 Å². The summed E-state index contributed by atoms with van der Waals surface area (Å²) in [7, 11) is 0. The second kappa shape index (κ2) is 5.52. The summed E-state index contributed by atoms with van der Waals surface area (Å²) >= 11 is 0. The van der Waals surface area contributed by atoms with E-state index in [1.807, 2.05) is 6.92 Å². The van der Waals surface area contributed by atoms with Gasteiger partial charge in [-0.25, -0.2) is 4.79 Å². The zero-order valence-corrected chi connectivity index (χ0v) is 13.8. The van der Waals surface area contributed by atoms with Gasteiger partial charge >= 0.3 is 5.97 Å². The zero-order chi connectivity index (χ0) is 16.7. The van der Waals surface area contributed by atoms with Gasteiger partial charge in [0.25, 0.3) is 0 Å². The molecule has 2 aromatic rings. The largest absolute Gasteiger partial charge is 0.463 e. The maximum atomic E-state index is 12.4. The number of hydrogen-bond donors (Lipinski definition) is 1. The molecule has 0 atom stereocenters. The lowest BCUT2D eigenvalue weighted by Crippen LogP contribution is -2.33. The predicted molar refractivity (Wildman–Crippen MR) is 94.4 cm³/mol. The van der Waals surface area contributed by atoms with Gasteiger partial charge in [-0.3, -0.25) is 0 Å². The lowest BCUT2D eigenvalue weighted by Gasteiger charge is -2.36. The van der Waals surface area contributed by atoms with Crippen molar-refractivity contribution in [1.82, 2.24) is 0 Å². The minimum absolute atomic E-state index is 0.169. The molecule has 0 unspecified atom stereocenters. The van der Waals surface area contributed by atoms with Gasteiger partial charge in [-0.15, -0.1) is 0 Å². The van der Waals surface area contributed by atoms with E-state index in [4.69, 9.17) is 10.5 Å². The third-order valence-electron chi connectivity index (χ3n) is 5.38. The normalized spacial score (nSPS) is 17.5. The first kappa shape index (κ1) is 15.0. The quantitative estimate of drug-likeness (QED) is 0.854. The SMILES string of the molecule is CCOC(=O)C1=C(N)CCC2(C1)c1ccccc1-c1ccccc12. The van der Waals surface area contributed by atoms with Crippen molar-refractivity contribution in [1.29, 1.82) is 0 Å². The summed E-state index contributed by atoms with van der Waals surface area (Å²) in [5.41, 5.74) is 12.5. The first-order valence-electron chi connectivity index (χ1n) is 8.51. The van der Waals surface area contributed by atoms with E-state index in [0.29, 0.717) is 24.3 Å². The van der Waals surface area contributed by atoms with E-state index < -0.39 is 0 Å². The molecular formula is C21H21NO2. The van der Waals surface area contributed by atoms with Crippen molar-refractivity contribution in [3.05, 3.63) is 70.9 Å². The van der Waals surface area contributed by atoms with Crippen LogP contribution < -0.4 is 5.73 Å². The van der Waals surface area contributed by atoms with Crippen LogP contribution in [0.3, 0.4) is 0 Å². The Hall–Kier alpha value is -2.55. The van der Waals surface area contributed by atoms with E-state index in [-0.39, 0.29) is 11.4 Å². The van der Waals surface area contributed by atoms with Crippen LogP contribution in [0, 0.1) is 0 Å². The van der Waals surface area contributed by atoms with Gasteiger partial charge in [0.1, 0.15) is 0 Å². The average molecular weight is 319 g/mol. The lowest BCUT2D eigenvalue weighted by atomic mass is 9.67. The Morgan fingerprint density at radius 3 is 2.25 bits per heavy atom. The summed E-state index contributed by atoms with van der Waals surface area (Å²) in [4.78, 5) is 12.4. The fourth-order valence-electron chi connectivity index (χ4n) is 4.30. The van der Waals surface area contributed by atoms with E-state index in [9.17, 15) is 4.79 Å². The summed E-state index contributed by atoms with van der Waals surface area (Å²) in [6.07, 6.45) is 2.26. The Balaban J connectivity index is 1.88. The molecule has 0 bridgehead atoms. The van der Waals surface area contributed by atoms with Crippen LogP contribution in [0.5, 0.6) is 0 Å². The number of carbonyl (C=O) groups excluding carboxylic acids is 1. The minimum atomic E-state index is -0.268. The van der Waals surface area contributed by atoms with Crippen molar-refractivity contribution < 1.29 is 9.53 Å². The zero-order valence-electron chi connectivity index (χ0n) is 13.8. The number of rotatable bonds is 2. The van der Waals surface area contributed by atoms with Crippen LogP contribution in [-0.4, -0.2) is 12.6 Å².